The van der Waals surface area contributed by atoms with Crippen molar-refractivity contribution in [2.45, 2.75) is 20.0 Å². The molecule has 0 fully saturated rings. The number of ketones is 1. The third-order valence-corrected chi connectivity index (χ3v) is 3.38. The highest BCUT2D eigenvalue weighted by atomic mass is 16.5. The smallest absolute Gasteiger partial charge is 0.318 e. The van der Waals surface area contributed by atoms with E-state index in [1.54, 1.807) is 31.2 Å². The number of carbonyl (C=O) groups is 3. The van der Waals surface area contributed by atoms with Crippen molar-refractivity contribution in [3.63, 3.8) is 0 Å². The average molecular weight is 320 g/mol. The molecule has 7 nitrogen and oxygen atoms in total. The van der Waals surface area contributed by atoms with E-state index in [4.69, 9.17) is 21.0 Å². The highest BCUT2D eigenvalue weighted by Crippen LogP contribution is 2.12. The topological polar surface area (TPSA) is 131 Å². The molecule has 1 aromatic carbocycles. The number of Topliss-reactive ketones (excluding diaryl/α,β-unsaturated/α-hetero) is 1. The van der Waals surface area contributed by atoms with Crippen LogP contribution in [-0.2, 0) is 25.7 Å². The maximum absolute atomic E-state index is 12.2. The normalized spacial score (nSPS) is 13.0. The van der Waals surface area contributed by atoms with Crippen LogP contribution >= 0.6 is 0 Å². The van der Waals surface area contributed by atoms with E-state index in [0.717, 1.165) is 5.56 Å². The van der Waals surface area contributed by atoms with Gasteiger partial charge < -0.3 is 21.0 Å². The number of hydrogen-bond donors (Lipinski definition) is 3. The first-order valence-corrected chi connectivity index (χ1v) is 7.18. The van der Waals surface area contributed by atoms with E-state index in [1.807, 2.05) is 6.07 Å². The van der Waals surface area contributed by atoms with Crippen LogP contribution in [0.3, 0.4) is 0 Å². The second kappa shape index (κ2) is 8.79. The zero-order valence-electron chi connectivity index (χ0n) is 12.8. The summed E-state index contributed by atoms with van der Waals surface area (Å²) in [5, 5.41) is 16.7. The van der Waals surface area contributed by atoms with Crippen molar-refractivity contribution >= 4 is 23.4 Å². The minimum Gasteiger partial charge on any atom is -0.481 e. The van der Waals surface area contributed by atoms with E-state index >= 15 is 0 Å². The van der Waals surface area contributed by atoms with Crippen molar-refractivity contribution in [1.29, 1.82) is 5.41 Å². The fourth-order valence-corrected chi connectivity index (χ4v) is 2.00. The van der Waals surface area contributed by atoms with Crippen LogP contribution in [0.25, 0.3) is 0 Å². The molecule has 0 spiro atoms. The molecule has 0 aliphatic heterocycles. The summed E-state index contributed by atoms with van der Waals surface area (Å²) in [6.45, 7) is 1.18. The van der Waals surface area contributed by atoms with Gasteiger partial charge in [-0.15, -0.1) is 0 Å². The number of nitrogens with two attached hydrogens (primary N) is 1. The summed E-state index contributed by atoms with van der Waals surface area (Å²) in [6.07, 6.45) is 0.0796. The quantitative estimate of drug-likeness (QED) is 0.353. The van der Waals surface area contributed by atoms with Crippen LogP contribution in [0.1, 0.15) is 18.9 Å². The molecule has 0 aliphatic rings. The molecule has 0 radical (unpaired) electrons. The number of carbonyl (C=O) groups excluding carboxylic acids is 2. The van der Waals surface area contributed by atoms with Crippen LogP contribution in [0.2, 0.25) is 0 Å². The molecule has 2 atom stereocenters. The molecular weight excluding hydrogens is 300 g/mol. The zero-order valence-corrected chi connectivity index (χ0v) is 12.8. The van der Waals surface area contributed by atoms with Gasteiger partial charge in [0.1, 0.15) is 18.4 Å². The predicted octanol–water partition coefficient (Wildman–Crippen LogP) is 1.00. The maximum atomic E-state index is 12.2. The van der Waals surface area contributed by atoms with Gasteiger partial charge in [0.2, 0.25) is 0 Å². The van der Waals surface area contributed by atoms with E-state index in [1.165, 1.54) is 0 Å². The highest BCUT2D eigenvalue weighted by Gasteiger charge is 2.35. The number of esters is 1. The van der Waals surface area contributed by atoms with E-state index in [0.29, 0.717) is 0 Å². The van der Waals surface area contributed by atoms with E-state index in [9.17, 15) is 14.4 Å². The molecule has 0 amide bonds. The van der Waals surface area contributed by atoms with Gasteiger partial charge in [-0.3, -0.25) is 14.4 Å². The molecule has 0 heterocycles. The Morgan fingerprint density at radius 3 is 2.30 bits per heavy atom. The van der Waals surface area contributed by atoms with Crippen LogP contribution in [0.15, 0.2) is 30.3 Å². The van der Waals surface area contributed by atoms with Crippen LogP contribution in [-0.4, -0.2) is 35.1 Å². The fourth-order valence-electron chi connectivity index (χ4n) is 2.00. The minimum absolute atomic E-state index is 0.0209. The maximum Gasteiger partial charge on any atom is 0.318 e. The third kappa shape index (κ3) is 5.00. The van der Waals surface area contributed by atoms with E-state index < -0.39 is 35.3 Å². The Balaban J connectivity index is 2.74. The molecule has 1 rings (SSSR count). The van der Waals surface area contributed by atoms with Gasteiger partial charge in [-0.05, 0) is 12.0 Å². The first kappa shape index (κ1) is 18.5. The Hall–Kier alpha value is -2.54. The number of aliphatic carboxylic acids is 1. The number of carboxylic acid groups (broad SMARTS) is 1. The van der Waals surface area contributed by atoms with Crippen LogP contribution in [0.4, 0.5) is 0 Å². The number of hydrogen-bond acceptors (Lipinski definition) is 6. The Kier molecular flexibility index (Phi) is 7.08. The molecule has 7 heteroatoms. The highest BCUT2D eigenvalue weighted by molar-refractivity contribution is 6.45. The van der Waals surface area contributed by atoms with Crippen molar-refractivity contribution < 1.29 is 24.2 Å². The molecule has 124 valence electrons. The molecule has 0 aromatic heterocycles. The first-order valence-electron chi connectivity index (χ1n) is 7.18. The lowest BCUT2D eigenvalue weighted by atomic mass is 9.90. The van der Waals surface area contributed by atoms with E-state index in [2.05, 4.69) is 0 Å². The Bertz CT molecular complexity index is 585. The standard InChI is InChI=1S/C16H20N2O5/c1-2-11(15(20)21)13(18)14(19)12(8-17)16(22)23-9-10-6-4-3-5-7-10/h3-7,11-12,18H,2,8-9,17H2,1H3,(H,20,21). The van der Waals surface area contributed by atoms with Crippen LogP contribution in [0.5, 0.6) is 0 Å². The van der Waals surface area contributed by atoms with Gasteiger partial charge in [-0.1, -0.05) is 37.3 Å². The molecule has 2 unspecified atom stereocenters. The Morgan fingerprint density at radius 2 is 1.83 bits per heavy atom. The number of benzene rings is 1. The molecule has 0 aliphatic carbocycles. The Morgan fingerprint density at radius 1 is 1.22 bits per heavy atom. The van der Waals surface area contributed by atoms with Gasteiger partial charge in [0.15, 0.2) is 5.78 Å². The van der Waals surface area contributed by atoms with Crippen molar-refractivity contribution in [3.05, 3.63) is 35.9 Å². The monoisotopic (exact) mass is 320 g/mol. The predicted molar refractivity (Wildman–Crippen MR) is 82.9 cm³/mol. The molecule has 0 saturated heterocycles. The summed E-state index contributed by atoms with van der Waals surface area (Å²) in [4.78, 5) is 35.2. The molecule has 0 saturated carbocycles. The number of nitrogens with one attached hydrogen (secondary N) is 1. The lowest BCUT2D eigenvalue weighted by Gasteiger charge is -2.16. The SMILES string of the molecule is CCC(C(=N)C(=O)C(CN)C(=O)OCc1ccccc1)C(=O)O. The summed E-state index contributed by atoms with van der Waals surface area (Å²) >= 11 is 0. The van der Waals surface area contributed by atoms with Gasteiger partial charge in [-0.25, -0.2) is 0 Å². The Labute approximate surface area is 133 Å². The lowest BCUT2D eigenvalue weighted by molar-refractivity contribution is -0.152. The van der Waals surface area contributed by atoms with Crippen molar-refractivity contribution in [2.24, 2.45) is 17.6 Å². The van der Waals surface area contributed by atoms with Gasteiger partial charge in [-0.2, -0.15) is 0 Å². The van der Waals surface area contributed by atoms with Crippen molar-refractivity contribution in [2.75, 3.05) is 6.54 Å². The fraction of sp³-hybridized carbons (Fsp3) is 0.375. The summed E-state index contributed by atoms with van der Waals surface area (Å²) in [5.41, 5.74) is 5.55. The molecule has 4 N–H and O–H groups in total. The summed E-state index contributed by atoms with van der Waals surface area (Å²) in [7, 11) is 0. The van der Waals surface area contributed by atoms with E-state index in [-0.39, 0.29) is 19.6 Å². The number of carboxylic acids is 1. The summed E-state index contributed by atoms with van der Waals surface area (Å²) in [6, 6.07) is 8.89. The second-order valence-electron chi connectivity index (χ2n) is 4.96. The van der Waals surface area contributed by atoms with Gasteiger partial charge in [0, 0.05) is 6.54 Å². The molecular formula is C16H20N2O5. The van der Waals surface area contributed by atoms with Gasteiger partial charge in [0.05, 0.1) is 5.71 Å². The first-order chi connectivity index (χ1) is 10.9. The van der Waals surface area contributed by atoms with Crippen molar-refractivity contribution in [1.82, 2.24) is 0 Å². The van der Waals surface area contributed by atoms with Gasteiger partial charge in [0.25, 0.3) is 0 Å². The van der Waals surface area contributed by atoms with Crippen LogP contribution in [0, 0.1) is 17.2 Å². The third-order valence-electron chi connectivity index (χ3n) is 3.38. The summed E-state index contributed by atoms with van der Waals surface area (Å²) < 4.78 is 5.04. The second-order valence-corrected chi connectivity index (χ2v) is 4.96. The molecule has 23 heavy (non-hydrogen) atoms. The molecule has 1 aromatic rings. The van der Waals surface area contributed by atoms with Gasteiger partial charge >= 0.3 is 11.9 Å². The average Bonchev–Trinajstić information content (AvgIpc) is 2.54. The minimum atomic E-state index is -1.36. The van der Waals surface area contributed by atoms with Crippen LogP contribution < -0.4 is 5.73 Å². The van der Waals surface area contributed by atoms with Crippen molar-refractivity contribution in [3.8, 4) is 0 Å². The zero-order chi connectivity index (χ0) is 17.4. The lowest BCUT2D eigenvalue weighted by Crippen LogP contribution is -2.40. The number of ether oxygens (including phenoxy) is 1. The molecule has 0 bridgehead atoms. The largest absolute Gasteiger partial charge is 0.481 e. The summed E-state index contributed by atoms with van der Waals surface area (Å²) in [5.74, 6) is -5.65. The number of rotatable bonds is 9.